The summed E-state index contributed by atoms with van der Waals surface area (Å²) in [6.45, 7) is 4.22. The van der Waals surface area contributed by atoms with Gasteiger partial charge in [0, 0.05) is 6.42 Å². The fraction of sp³-hybridized carbons (Fsp3) is 0.810. The molecule has 3 heteroatoms. The molecular formula is C21H34O3. The van der Waals surface area contributed by atoms with Crippen molar-refractivity contribution in [1.82, 2.24) is 0 Å². The van der Waals surface area contributed by atoms with Crippen LogP contribution in [0, 0.1) is 17.3 Å². The van der Waals surface area contributed by atoms with Crippen molar-refractivity contribution in [2.24, 2.45) is 17.3 Å². The number of carbonyl (C=O) groups excluding carboxylic acids is 2. The van der Waals surface area contributed by atoms with E-state index < -0.39 is 11.0 Å². The highest BCUT2D eigenvalue weighted by Gasteiger charge is 2.75. The summed E-state index contributed by atoms with van der Waals surface area (Å²) in [4.78, 5) is 25.0. The van der Waals surface area contributed by atoms with Crippen LogP contribution in [0.5, 0.6) is 0 Å². The topological polar surface area (TPSA) is 43.4 Å². The Morgan fingerprint density at radius 2 is 2.04 bits per heavy atom. The van der Waals surface area contributed by atoms with Gasteiger partial charge in [0.25, 0.3) is 0 Å². The van der Waals surface area contributed by atoms with Gasteiger partial charge in [-0.2, -0.15) is 0 Å². The van der Waals surface area contributed by atoms with Gasteiger partial charge in [-0.1, -0.05) is 52.2 Å². The zero-order valence-electron chi connectivity index (χ0n) is 14.6. The Morgan fingerprint density at radius 3 is 2.67 bits per heavy atom. The third kappa shape index (κ3) is 2.95. The molecule has 0 amide bonds. The van der Waals surface area contributed by atoms with Gasteiger partial charge in [0.1, 0.15) is 16.8 Å². The summed E-state index contributed by atoms with van der Waals surface area (Å²) in [7, 11) is 0. The van der Waals surface area contributed by atoms with E-state index >= 15 is 0 Å². The zero-order chi connectivity index (χ0) is 16.5. The summed E-state index contributed by atoms with van der Waals surface area (Å²) >= 11 is 0. The van der Waals surface area contributed by atoms with Gasteiger partial charge >= 0.3 is 5.97 Å². The second-order valence-electron chi connectivity index (χ2n) is 7.95. The van der Waals surface area contributed by atoms with Crippen LogP contribution in [0.15, 0.2) is 12.2 Å². The Balaban J connectivity index is 0.00000208. The maximum absolute atomic E-state index is 12.6. The second-order valence-corrected chi connectivity index (χ2v) is 7.95. The lowest BCUT2D eigenvalue weighted by molar-refractivity contribution is -0.242. The predicted octanol–water partition coefficient (Wildman–Crippen LogP) is 5.23. The van der Waals surface area contributed by atoms with Crippen LogP contribution < -0.4 is 0 Å². The zero-order valence-corrected chi connectivity index (χ0v) is 14.6. The van der Waals surface area contributed by atoms with Gasteiger partial charge in [0.05, 0.1) is 5.92 Å². The van der Waals surface area contributed by atoms with Gasteiger partial charge < -0.3 is 4.74 Å². The van der Waals surface area contributed by atoms with Crippen LogP contribution in [-0.2, 0) is 14.3 Å². The molecule has 3 aliphatic rings. The van der Waals surface area contributed by atoms with Crippen LogP contribution in [0.2, 0.25) is 0 Å². The Labute approximate surface area is 147 Å². The van der Waals surface area contributed by atoms with E-state index in [-0.39, 0.29) is 25.1 Å². The average molecular weight is 335 g/mol. The van der Waals surface area contributed by atoms with E-state index in [0.29, 0.717) is 12.3 Å². The molecule has 0 unspecified atom stereocenters. The lowest BCUT2D eigenvalue weighted by Gasteiger charge is -2.53. The van der Waals surface area contributed by atoms with E-state index in [1.807, 2.05) is 6.92 Å². The molecule has 0 aromatic rings. The molecule has 1 aliphatic heterocycles. The molecule has 4 atom stereocenters. The largest absolute Gasteiger partial charge is 0.457 e. The van der Waals surface area contributed by atoms with E-state index in [1.165, 1.54) is 25.7 Å². The molecule has 0 radical (unpaired) electrons. The van der Waals surface area contributed by atoms with Gasteiger partial charge in [-0.05, 0) is 44.9 Å². The normalized spacial score (nSPS) is 37.4. The number of unbranched alkanes of at least 4 members (excludes halogenated alkanes) is 3. The van der Waals surface area contributed by atoms with Crippen molar-refractivity contribution in [1.29, 1.82) is 0 Å². The quantitative estimate of drug-likeness (QED) is 0.364. The summed E-state index contributed by atoms with van der Waals surface area (Å²) in [5.74, 6) is 0.491. The van der Waals surface area contributed by atoms with Crippen LogP contribution in [0.25, 0.3) is 0 Å². The fourth-order valence-electron chi connectivity index (χ4n) is 4.99. The highest BCUT2D eigenvalue weighted by Crippen LogP contribution is 2.62. The highest BCUT2D eigenvalue weighted by atomic mass is 16.6. The third-order valence-electron chi connectivity index (χ3n) is 6.49. The van der Waals surface area contributed by atoms with Crippen molar-refractivity contribution in [3.05, 3.63) is 12.2 Å². The predicted molar refractivity (Wildman–Crippen MR) is 96.6 cm³/mol. The number of hydrogen-bond acceptors (Lipinski definition) is 3. The summed E-state index contributed by atoms with van der Waals surface area (Å²) in [6.07, 6.45) is 14.7. The van der Waals surface area contributed by atoms with Crippen molar-refractivity contribution < 1.29 is 14.3 Å². The number of hydrogen-bond donors (Lipinski definition) is 0. The highest BCUT2D eigenvalue weighted by molar-refractivity contribution is 5.99. The van der Waals surface area contributed by atoms with Crippen molar-refractivity contribution in [3.63, 3.8) is 0 Å². The molecule has 24 heavy (non-hydrogen) atoms. The van der Waals surface area contributed by atoms with Crippen LogP contribution in [0.3, 0.4) is 0 Å². The molecule has 3 nitrogen and oxygen atoms in total. The first-order valence-corrected chi connectivity index (χ1v) is 9.46. The third-order valence-corrected chi connectivity index (χ3v) is 6.49. The molecule has 2 fully saturated rings. The van der Waals surface area contributed by atoms with Crippen LogP contribution in [0.1, 0.15) is 85.5 Å². The fourth-order valence-corrected chi connectivity index (χ4v) is 4.99. The van der Waals surface area contributed by atoms with Gasteiger partial charge in [0.15, 0.2) is 0 Å². The Bertz CT molecular complexity index is 509. The number of rotatable bonds is 7. The van der Waals surface area contributed by atoms with Crippen molar-refractivity contribution in [2.75, 3.05) is 0 Å². The molecule has 0 bridgehead atoms. The first kappa shape index (κ1) is 19.2. The minimum atomic E-state index is -0.543. The summed E-state index contributed by atoms with van der Waals surface area (Å²) < 4.78 is 5.65. The SMILES string of the molecule is C.CCCCCC[C@H]1C(=O)C[C@@]2(C[C@@H]3C=CCCC3)C(=O)O[C@@]12C. The number of Topliss-reactive ketones (excluding diaryl/α,β-unsaturated/α-hetero) is 1. The number of esters is 1. The minimum Gasteiger partial charge on any atom is -0.457 e. The molecule has 1 heterocycles. The van der Waals surface area contributed by atoms with Gasteiger partial charge in [-0.25, -0.2) is 0 Å². The Kier molecular flexibility index (Phi) is 5.93. The smallest absolute Gasteiger partial charge is 0.317 e. The summed E-state index contributed by atoms with van der Waals surface area (Å²) in [5, 5.41) is 0. The van der Waals surface area contributed by atoms with Gasteiger partial charge in [0.2, 0.25) is 0 Å². The molecule has 1 saturated carbocycles. The molecule has 3 rings (SSSR count). The molecule has 0 N–H and O–H groups in total. The maximum atomic E-state index is 12.6. The standard InChI is InChI=1S/C20H30O3.CH4/c1-3-4-5-9-12-16-17(21)14-20(18(22)23-19(16,20)2)13-15-10-7-6-8-11-15;/h7,10,15-16H,3-6,8-9,11-14H2,1-2H3;1H4/t15-,16+,19+,20+;/m1./s1. The molecule has 0 aromatic carbocycles. The Morgan fingerprint density at radius 1 is 1.25 bits per heavy atom. The van der Waals surface area contributed by atoms with E-state index in [9.17, 15) is 9.59 Å². The lowest BCUT2D eigenvalue weighted by atomic mass is 9.62. The number of ether oxygens (including phenoxy) is 1. The number of fused-ring (bicyclic) bond motifs is 1. The summed E-state index contributed by atoms with van der Waals surface area (Å²) in [5.41, 5.74) is -1.08. The maximum Gasteiger partial charge on any atom is 0.317 e. The van der Waals surface area contributed by atoms with E-state index in [4.69, 9.17) is 4.74 Å². The summed E-state index contributed by atoms with van der Waals surface area (Å²) in [6, 6.07) is 0. The molecule has 2 aliphatic carbocycles. The van der Waals surface area contributed by atoms with Crippen molar-refractivity contribution in [3.8, 4) is 0 Å². The molecule has 136 valence electrons. The van der Waals surface area contributed by atoms with Gasteiger partial charge in [-0.3, -0.25) is 9.59 Å². The molecular weight excluding hydrogens is 300 g/mol. The minimum absolute atomic E-state index is 0. The second kappa shape index (κ2) is 7.41. The van der Waals surface area contributed by atoms with Crippen molar-refractivity contribution >= 4 is 11.8 Å². The molecule has 0 aromatic heterocycles. The lowest BCUT2D eigenvalue weighted by Crippen LogP contribution is -2.65. The van der Waals surface area contributed by atoms with E-state index in [0.717, 1.165) is 32.1 Å². The number of allylic oxidation sites excluding steroid dienone is 2. The molecule has 1 saturated heterocycles. The van der Waals surface area contributed by atoms with E-state index in [1.54, 1.807) is 0 Å². The first-order valence-electron chi connectivity index (χ1n) is 9.46. The van der Waals surface area contributed by atoms with Crippen LogP contribution in [-0.4, -0.2) is 17.4 Å². The first-order chi connectivity index (χ1) is 11.0. The van der Waals surface area contributed by atoms with Crippen LogP contribution >= 0.6 is 0 Å². The van der Waals surface area contributed by atoms with Crippen molar-refractivity contribution in [2.45, 2.75) is 91.1 Å². The monoisotopic (exact) mass is 334 g/mol. The number of ketones is 1. The van der Waals surface area contributed by atoms with Crippen LogP contribution in [0.4, 0.5) is 0 Å². The molecule has 0 spiro atoms. The van der Waals surface area contributed by atoms with E-state index in [2.05, 4.69) is 19.1 Å². The number of carbonyl (C=O) groups is 2. The van der Waals surface area contributed by atoms with Gasteiger partial charge in [-0.15, -0.1) is 0 Å². The average Bonchev–Trinajstić information content (AvgIpc) is 2.70. The Hall–Kier alpha value is -1.12.